The van der Waals surface area contributed by atoms with Gasteiger partial charge in [0.1, 0.15) is 0 Å². The van der Waals surface area contributed by atoms with Crippen molar-refractivity contribution in [1.29, 1.82) is 0 Å². The van der Waals surface area contributed by atoms with Gasteiger partial charge in [0.2, 0.25) is 0 Å². The maximum absolute atomic E-state index is 4.05. The average Bonchev–Trinajstić information content (AvgIpc) is 2.80. The van der Waals surface area contributed by atoms with Crippen LogP contribution in [0.3, 0.4) is 0 Å². The molecule has 16 heavy (non-hydrogen) atoms. The zero-order chi connectivity index (χ0) is 11.4. The fourth-order valence-electron chi connectivity index (χ4n) is 3.67. The van der Waals surface area contributed by atoms with Crippen LogP contribution in [-0.4, -0.2) is 5.54 Å². The first-order valence-corrected chi connectivity index (χ1v) is 6.86. The van der Waals surface area contributed by atoms with Gasteiger partial charge in [-0.2, -0.15) is 0 Å². The SMILES string of the molecule is C=CC(=C)NC1(C2CCCCC2)CCCC1. The van der Waals surface area contributed by atoms with Crippen molar-refractivity contribution in [2.24, 2.45) is 5.92 Å². The molecule has 0 bridgehead atoms. The summed E-state index contributed by atoms with van der Waals surface area (Å²) in [6.45, 7) is 7.86. The molecule has 1 N–H and O–H groups in total. The summed E-state index contributed by atoms with van der Waals surface area (Å²) in [5.41, 5.74) is 1.39. The second-order valence-corrected chi connectivity index (χ2v) is 5.55. The Morgan fingerprint density at radius 2 is 1.69 bits per heavy atom. The van der Waals surface area contributed by atoms with Gasteiger partial charge in [0, 0.05) is 11.2 Å². The van der Waals surface area contributed by atoms with Crippen LogP contribution in [0.1, 0.15) is 57.8 Å². The first kappa shape index (κ1) is 11.8. The van der Waals surface area contributed by atoms with Crippen LogP contribution in [-0.2, 0) is 0 Å². The Morgan fingerprint density at radius 1 is 1.06 bits per heavy atom. The van der Waals surface area contributed by atoms with Crippen molar-refractivity contribution in [3.05, 3.63) is 24.9 Å². The second-order valence-electron chi connectivity index (χ2n) is 5.55. The molecule has 1 nitrogen and oxygen atoms in total. The maximum Gasteiger partial charge on any atom is 0.0401 e. The van der Waals surface area contributed by atoms with E-state index >= 15 is 0 Å². The Morgan fingerprint density at radius 3 is 2.25 bits per heavy atom. The summed E-state index contributed by atoms with van der Waals surface area (Å²) in [5.74, 6) is 0.875. The van der Waals surface area contributed by atoms with Crippen molar-refractivity contribution in [2.45, 2.75) is 63.3 Å². The van der Waals surface area contributed by atoms with Crippen LogP contribution in [0, 0.1) is 5.92 Å². The van der Waals surface area contributed by atoms with Crippen molar-refractivity contribution in [2.75, 3.05) is 0 Å². The molecule has 0 amide bonds. The largest absolute Gasteiger partial charge is 0.380 e. The molecular formula is C15H25N. The molecule has 2 saturated carbocycles. The van der Waals surface area contributed by atoms with E-state index in [0.717, 1.165) is 11.6 Å². The van der Waals surface area contributed by atoms with Crippen molar-refractivity contribution in [3.63, 3.8) is 0 Å². The topological polar surface area (TPSA) is 12.0 Å². The highest BCUT2D eigenvalue weighted by Gasteiger charge is 2.41. The van der Waals surface area contributed by atoms with Gasteiger partial charge in [0.25, 0.3) is 0 Å². The van der Waals surface area contributed by atoms with E-state index in [1.165, 1.54) is 57.8 Å². The van der Waals surface area contributed by atoms with Crippen LogP contribution in [0.4, 0.5) is 0 Å². The zero-order valence-corrected chi connectivity index (χ0v) is 10.4. The van der Waals surface area contributed by atoms with E-state index in [1.54, 1.807) is 0 Å². The summed E-state index contributed by atoms with van der Waals surface area (Å²) in [7, 11) is 0. The minimum absolute atomic E-state index is 0.367. The molecule has 0 atom stereocenters. The fraction of sp³-hybridized carbons (Fsp3) is 0.733. The summed E-state index contributed by atoms with van der Waals surface area (Å²) in [5, 5.41) is 3.70. The smallest absolute Gasteiger partial charge is 0.0401 e. The standard InChI is InChI=1S/C15H25N/c1-3-13(2)16-15(11-7-8-12-15)14-9-5-4-6-10-14/h3,14,16H,1-2,4-12H2. The van der Waals surface area contributed by atoms with Gasteiger partial charge < -0.3 is 5.32 Å². The van der Waals surface area contributed by atoms with E-state index in [2.05, 4.69) is 18.5 Å². The molecule has 0 aliphatic heterocycles. The third kappa shape index (κ3) is 2.34. The predicted octanol–water partition coefficient (Wildman–Crippen LogP) is 4.17. The fourth-order valence-corrected chi connectivity index (χ4v) is 3.67. The number of allylic oxidation sites excluding steroid dienone is 1. The molecule has 2 fully saturated rings. The molecule has 0 spiro atoms. The van der Waals surface area contributed by atoms with Gasteiger partial charge in [-0.3, -0.25) is 0 Å². The Bertz CT molecular complexity index is 255. The van der Waals surface area contributed by atoms with Gasteiger partial charge in [-0.15, -0.1) is 0 Å². The van der Waals surface area contributed by atoms with Gasteiger partial charge in [-0.05, 0) is 37.7 Å². The van der Waals surface area contributed by atoms with Gasteiger partial charge >= 0.3 is 0 Å². The van der Waals surface area contributed by atoms with Crippen LogP contribution in [0.25, 0.3) is 0 Å². The predicted molar refractivity (Wildman–Crippen MR) is 70.2 cm³/mol. The normalized spacial score (nSPS) is 25.2. The molecule has 0 heterocycles. The summed E-state index contributed by atoms with van der Waals surface area (Å²) in [6.07, 6.45) is 14.4. The highest BCUT2D eigenvalue weighted by atomic mass is 15.0. The molecule has 0 radical (unpaired) electrons. The number of nitrogens with one attached hydrogen (secondary N) is 1. The van der Waals surface area contributed by atoms with Gasteiger partial charge in [0.05, 0.1) is 0 Å². The third-order valence-electron chi connectivity index (χ3n) is 4.54. The lowest BCUT2D eigenvalue weighted by Crippen LogP contribution is -2.48. The average molecular weight is 219 g/mol. The molecule has 0 aromatic carbocycles. The minimum Gasteiger partial charge on any atom is -0.380 e. The molecule has 0 aromatic rings. The quantitative estimate of drug-likeness (QED) is 0.700. The summed E-state index contributed by atoms with van der Waals surface area (Å²) in [4.78, 5) is 0. The molecule has 90 valence electrons. The number of hydrogen-bond donors (Lipinski definition) is 1. The van der Waals surface area contributed by atoms with Crippen LogP contribution in [0.5, 0.6) is 0 Å². The maximum atomic E-state index is 4.05. The first-order chi connectivity index (χ1) is 7.77. The third-order valence-corrected chi connectivity index (χ3v) is 4.54. The molecule has 2 rings (SSSR count). The van der Waals surface area contributed by atoms with E-state index in [9.17, 15) is 0 Å². The van der Waals surface area contributed by atoms with Crippen LogP contribution < -0.4 is 5.32 Å². The van der Waals surface area contributed by atoms with Gasteiger partial charge in [-0.25, -0.2) is 0 Å². The van der Waals surface area contributed by atoms with Crippen LogP contribution >= 0.6 is 0 Å². The van der Waals surface area contributed by atoms with E-state index in [4.69, 9.17) is 0 Å². The highest BCUT2D eigenvalue weighted by molar-refractivity contribution is 5.15. The Hall–Kier alpha value is -0.720. The highest BCUT2D eigenvalue weighted by Crippen LogP contribution is 2.43. The van der Waals surface area contributed by atoms with E-state index < -0.39 is 0 Å². The number of hydrogen-bond acceptors (Lipinski definition) is 1. The Labute approximate surface area is 100 Å². The molecule has 0 saturated heterocycles. The van der Waals surface area contributed by atoms with Crippen molar-refractivity contribution >= 4 is 0 Å². The molecule has 0 aromatic heterocycles. The van der Waals surface area contributed by atoms with Crippen molar-refractivity contribution in [1.82, 2.24) is 5.32 Å². The minimum atomic E-state index is 0.367. The van der Waals surface area contributed by atoms with Crippen LogP contribution in [0.15, 0.2) is 24.9 Å². The van der Waals surface area contributed by atoms with Gasteiger partial charge in [-0.1, -0.05) is 45.3 Å². The lowest BCUT2D eigenvalue weighted by atomic mass is 9.73. The van der Waals surface area contributed by atoms with Crippen molar-refractivity contribution in [3.8, 4) is 0 Å². The van der Waals surface area contributed by atoms with Gasteiger partial charge in [0.15, 0.2) is 0 Å². The molecule has 2 aliphatic carbocycles. The molecule has 2 aliphatic rings. The molecular weight excluding hydrogens is 194 g/mol. The monoisotopic (exact) mass is 219 g/mol. The van der Waals surface area contributed by atoms with Crippen molar-refractivity contribution < 1.29 is 0 Å². The summed E-state index contributed by atoms with van der Waals surface area (Å²) >= 11 is 0. The summed E-state index contributed by atoms with van der Waals surface area (Å²) < 4.78 is 0. The van der Waals surface area contributed by atoms with E-state index in [-0.39, 0.29) is 0 Å². The Balaban J connectivity index is 2.07. The lowest BCUT2D eigenvalue weighted by Gasteiger charge is -2.41. The zero-order valence-electron chi connectivity index (χ0n) is 10.4. The van der Waals surface area contributed by atoms with Crippen LogP contribution in [0.2, 0.25) is 0 Å². The molecule has 0 unspecified atom stereocenters. The lowest BCUT2D eigenvalue weighted by molar-refractivity contribution is 0.178. The molecule has 1 heteroatoms. The number of rotatable bonds is 4. The van der Waals surface area contributed by atoms with E-state index in [0.29, 0.717) is 5.54 Å². The first-order valence-electron chi connectivity index (χ1n) is 6.86. The summed E-state index contributed by atoms with van der Waals surface area (Å²) in [6, 6.07) is 0. The van der Waals surface area contributed by atoms with E-state index in [1.807, 2.05) is 6.08 Å². The second kappa shape index (κ2) is 5.07. The Kier molecular flexibility index (Phi) is 3.73.